The van der Waals surface area contributed by atoms with E-state index in [1.807, 2.05) is 19.1 Å². The van der Waals surface area contributed by atoms with Gasteiger partial charge in [-0.3, -0.25) is 9.59 Å². The fourth-order valence-corrected chi connectivity index (χ4v) is 3.14. The van der Waals surface area contributed by atoms with Crippen molar-refractivity contribution in [1.82, 2.24) is 9.97 Å². The normalized spacial score (nSPS) is 12.7. The highest BCUT2D eigenvalue weighted by Crippen LogP contribution is 2.33. The fraction of sp³-hybridized carbons (Fsp3) is 0.190. The van der Waals surface area contributed by atoms with E-state index in [0.29, 0.717) is 41.3 Å². The van der Waals surface area contributed by atoms with Gasteiger partial charge in [0, 0.05) is 29.8 Å². The number of hydrogen-bond acceptors (Lipinski definition) is 4. The summed E-state index contributed by atoms with van der Waals surface area (Å²) in [7, 11) is 0. The van der Waals surface area contributed by atoms with Crippen LogP contribution in [0.2, 0.25) is 0 Å². The second-order valence-corrected chi connectivity index (χ2v) is 6.52. The minimum absolute atomic E-state index is 0.305. The molecule has 0 unspecified atom stereocenters. The summed E-state index contributed by atoms with van der Waals surface area (Å²) in [6.07, 6.45) is 0.681. The number of aryl methyl sites for hydroxylation is 2. The Bertz CT molecular complexity index is 1020. The van der Waals surface area contributed by atoms with Crippen LogP contribution >= 0.6 is 0 Å². The summed E-state index contributed by atoms with van der Waals surface area (Å²) in [6, 6.07) is 13.8. The molecule has 0 spiro atoms. The van der Waals surface area contributed by atoms with Crippen LogP contribution in [0, 0.1) is 6.92 Å². The number of H-pyrrole nitrogens is 1. The molecule has 1 heterocycles. The number of rotatable bonds is 4. The minimum Gasteiger partial charge on any atom is -0.381 e. The van der Waals surface area contributed by atoms with Gasteiger partial charge in [0.25, 0.3) is 5.78 Å². The molecule has 5 heteroatoms. The van der Waals surface area contributed by atoms with Crippen LogP contribution in [0.25, 0.3) is 11.3 Å². The molecule has 0 amide bonds. The number of fused-ring (bicyclic) bond motifs is 3. The van der Waals surface area contributed by atoms with Gasteiger partial charge in [-0.2, -0.15) is 0 Å². The Morgan fingerprint density at radius 3 is 2.50 bits per heavy atom. The highest BCUT2D eigenvalue weighted by atomic mass is 16.2. The molecular formula is C21H19N3O2. The molecule has 26 heavy (non-hydrogen) atoms. The summed E-state index contributed by atoms with van der Waals surface area (Å²) >= 11 is 0. The van der Waals surface area contributed by atoms with Crippen molar-refractivity contribution in [2.75, 3.05) is 5.32 Å². The summed E-state index contributed by atoms with van der Waals surface area (Å²) in [5, 5.41) is 3.31. The van der Waals surface area contributed by atoms with Crippen LogP contribution in [0.5, 0.6) is 0 Å². The van der Waals surface area contributed by atoms with E-state index in [0.717, 1.165) is 11.3 Å². The van der Waals surface area contributed by atoms with Gasteiger partial charge < -0.3 is 10.3 Å². The zero-order valence-corrected chi connectivity index (χ0v) is 14.7. The molecule has 130 valence electrons. The first-order valence-corrected chi connectivity index (χ1v) is 8.68. The molecule has 0 fully saturated rings. The Hall–Kier alpha value is -3.21. The SMILES string of the molecule is CCc1nc2c([nH]1)C(=O)C(=O)c1cc(NCc3ccc(C)cc3)ccc1-2. The summed E-state index contributed by atoms with van der Waals surface area (Å²) in [5.74, 6) is -0.293. The molecule has 1 aromatic heterocycles. The van der Waals surface area contributed by atoms with Crippen LogP contribution in [-0.4, -0.2) is 21.5 Å². The first-order chi connectivity index (χ1) is 12.6. The van der Waals surface area contributed by atoms with Crippen molar-refractivity contribution >= 4 is 17.3 Å². The van der Waals surface area contributed by atoms with Gasteiger partial charge in [-0.15, -0.1) is 0 Å². The van der Waals surface area contributed by atoms with Crippen LogP contribution in [0.4, 0.5) is 5.69 Å². The number of hydrogen-bond donors (Lipinski definition) is 2. The Morgan fingerprint density at radius 2 is 1.77 bits per heavy atom. The van der Waals surface area contributed by atoms with Crippen molar-refractivity contribution in [3.05, 3.63) is 70.7 Å². The quantitative estimate of drug-likeness (QED) is 0.702. The van der Waals surface area contributed by atoms with Crippen molar-refractivity contribution in [3.8, 4) is 11.3 Å². The highest BCUT2D eigenvalue weighted by Gasteiger charge is 2.33. The molecule has 3 aromatic rings. The molecule has 0 atom stereocenters. The molecule has 1 aliphatic carbocycles. The summed E-state index contributed by atoms with van der Waals surface area (Å²) in [6.45, 7) is 4.65. The number of aromatic nitrogens is 2. The van der Waals surface area contributed by atoms with Crippen LogP contribution < -0.4 is 5.32 Å². The summed E-state index contributed by atoms with van der Waals surface area (Å²) in [5.41, 5.74) is 5.17. The maximum atomic E-state index is 12.5. The second kappa shape index (κ2) is 6.26. The van der Waals surface area contributed by atoms with Gasteiger partial charge in [-0.05, 0) is 30.7 Å². The van der Waals surface area contributed by atoms with Gasteiger partial charge in [0.15, 0.2) is 0 Å². The van der Waals surface area contributed by atoms with Gasteiger partial charge in [0.2, 0.25) is 5.78 Å². The monoisotopic (exact) mass is 345 g/mol. The Morgan fingerprint density at radius 1 is 1.00 bits per heavy atom. The van der Waals surface area contributed by atoms with Crippen LogP contribution in [0.1, 0.15) is 44.7 Å². The number of aromatic amines is 1. The number of carbonyl (C=O) groups is 2. The van der Waals surface area contributed by atoms with Crippen molar-refractivity contribution < 1.29 is 9.59 Å². The maximum absolute atomic E-state index is 12.5. The highest BCUT2D eigenvalue weighted by molar-refractivity contribution is 6.52. The third-order valence-corrected chi connectivity index (χ3v) is 4.66. The molecule has 5 nitrogen and oxygen atoms in total. The molecule has 0 bridgehead atoms. The van der Waals surface area contributed by atoms with E-state index >= 15 is 0 Å². The average Bonchev–Trinajstić information content (AvgIpc) is 3.10. The lowest BCUT2D eigenvalue weighted by atomic mass is 9.90. The third kappa shape index (κ3) is 2.71. The van der Waals surface area contributed by atoms with Crippen LogP contribution in [0.15, 0.2) is 42.5 Å². The van der Waals surface area contributed by atoms with Gasteiger partial charge >= 0.3 is 0 Å². The maximum Gasteiger partial charge on any atom is 0.251 e. The zero-order chi connectivity index (χ0) is 18.3. The van der Waals surface area contributed by atoms with Crippen molar-refractivity contribution in [2.45, 2.75) is 26.8 Å². The Balaban J connectivity index is 1.65. The lowest BCUT2D eigenvalue weighted by Crippen LogP contribution is -2.21. The third-order valence-electron chi connectivity index (χ3n) is 4.66. The standard InChI is InChI=1S/C21H19N3O2/c1-3-17-23-18-15-9-8-14(22-11-13-6-4-12(2)5-7-13)10-16(15)20(25)21(26)19(18)24-17/h4-10,22H,3,11H2,1-2H3,(H,23,24). The zero-order valence-electron chi connectivity index (χ0n) is 14.7. The van der Waals surface area contributed by atoms with Gasteiger partial charge in [0.05, 0.1) is 0 Å². The van der Waals surface area contributed by atoms with Crippen molar-refractivity contribution in [3.63, 3.8) is 0 Å². The van der Waals surface area contributed by atoms with Crippen LogP contribution in [-0.2, 0) is 13.0 Å². The van der Waals surface area contributed by atoms with Crippen molar-refractivity contribution in [2.24, 2.45) is 0 Å². The number of Topliss-reactive ketones (excluding diaryl/α,β-unsaturated/α-hetero) is 2. The number of nitrogens with zero attached hydrogens (tertiary/aromatic N) is 1. The molecule has 2 aromatic carbocycles. The number of nitrogens with one attached hydrogen (secondary N) is 2. The summed E-state index contributed by atoms with van der Waals surface area (Å²) < 4.78 is 0. The molecule has 0 saturated carbocycles. The lowest BCUT2D eigenvalue weighted by molar-refractivity contribution is 0.0812. The van der Waals surface area contributed by atoms with E-state index in [9.17, 15) is 9.59 Å². The molecule has 4 rings (SSSR count). The predicted molar refractivity (Wildman–Crippen MR) is 101 cm³/mol. The molecular weight excluding hydrogens is 326 g/mol. The van der Waals surface area contributed by atoms with E-state index in [4.69, 9.17) is 0 Å². The number of benzene rings is 2. The molecule has 2 N–H and O–H groups in total. The predicted octanol–water partition coefficient (Wildman–Crippen LogP) is 3.94. The second-order valence-electron chi connectivity index (χ2n) is 6.52. The van der Waals surface area contributed by atoms with E-state index in [2.05, 4.69) is 46.5 Å². The largest absolute Gasteiger partial charge is 0.381 e. The number of anilines is 1. The van der Waals surface area contributed by atoms with Crippen molar-refractivity contribution in [1.29, 1.82) is 0 Å². The van der Waals surface area contributed by atoms with E-state index in [1.165, 1.54) is 5.56 Å². The molecule has 0 saturated heterocycles. The summed E-state index contributed by atoms with van der Waals surface area (Å²) in [4.78, 5) is 32.4. The van der Waals surface area contributed by atoms with Gasteiger partial charge in [-0.1, -0.05) is 36.8 Å². The Kier molecular flexibility index (Phi) is 3.92. The minimum atomic E-state index is -0.518. The first kappa shape index (κ1) is 16.3. The molecule has 1 aliphatic rings. The molecule has 0 aliphatic heterocycles. The number of imidazole rings is 1. The first-order valence-electron chi connectivity index (χ1n) is 8.68. The number of carbonyl (C=O) groups excluding carboxylic acids is 2. The van der Waals surface area contributed by atoms with Gasteiger partial charge in [-0.25, -0.2) is 4.98 Å². The van der Waals surface area contributed by atoms with Crippen LogP contribution in [0.3, 0.4) is 0 Å². The van der Waals surface area contributed by atoms with E-state index in [1.54, 1.807) is 6.07 Å². The number of ketones is 2. The smallest absolute Gasteiger partial charge is 0.251 e. The van der Waals surface area contributed by atoms with E-state index < -0.39 is 11.6 Å². The topological polar surface area (TPSA) is 74.8 Å². The van der Waals surface area contributed by atoms with Gasteiger partial charge in [0.1, 0.15) is 17.2 Å². The lowest BCUT2D eigenvalue weighted by Gasteiger charge is -2.15. The molecule has 0 radical (unpaired) electrons. The Labute approximate surface area is 151 Å². The average molecular weight is 345 g/mol. The fourth-order valence-electron chi connectivity index (χ4n) is 3.14. The van der Waals surface area contributed by atoms with E-state index in [-0.39, 0.29) is 0 Å².